The number of nitrogens with zero attached hydrogens (tertiary/aromatic N) is 3. The lowest BCUT2D eigenvalue weighted by Crippen LogP contribution is -2.02. The maximum absolute atomic E-state index is 4.98. The van der Waals surface area contributed by atoms with Crippen molar-refractivity contribution in [1.29, 1.82) is 0 Å². The van der Waals surface area contributed by atoms with E-state index in [1.54, 1.807) is 0 Å². The molecule has 0 saturated heterocycles. The number of aromatic nitrogens is 3. The minimum Gasteiger partial charge on any atom is -0.297 e. The van der Waals surface area contributed by atoms with Crippen molar-refractivity contribution >= 4 is 22.2 Å². The van der Waals surface area contributed by atoms with E-state index in [1.807, 2.05) is 24.3 Å². The molecule has 4 aromatic rings. The molecular formula is C27H33N3. The minimum atomic E-state index is 0.954. The fraction of sp³-hybridized carbons (Fsp3) is 0.407. The van der Waals surface area contributed by atoms with Crippen molar-refractivity contribution in [3.05, 3.63) is 65.9 Å². The summed E-state index contributed by atoms with van der Waals surface area (Å²) >= 11 is 0. The molecule has 4 rings (SSSR count). The standard InChI is InChI=1S/C27H33N3/c1-3-4-5-6-7-8-9-10-13-23-20-26-27(29-25-15-12-11-14-24(25)28-26)30(23)22-18-16-21(2)17-19-22/h11-12,14-20H,3-10,13H2,1-2H3. The second-order valence-electron chi connectivity index (χ2n) is 8.45. The predicted octanol–water partition coefficient (Wildman–Crippen LogP) is 7.57. The summed E-state index contributed by atoms with van der Waals surface area (Å²) in [4.78, 5) is 9.89. The van der Waals surface area contributed by atoms with E-state index in [0.29, 0.717) is 0 Å². The molecule has 0 amide bonds. The van der Waals surface area contributed by atoms with E-state index < -0.39 is 0 Å². The Bertz CT molecular complexity index is 1090. The molecule has 3 heteroatoms. The second kappa shape index (κ2) is 9.88. The van der Waals surface area contributed by atoms with Gasteiger partial charge in [0, 0.05) is 11.4 Å². The van der Waals surface area contributed by atoms with E-state index in [1.165, 1.54) is 68.3 Å². The van der Waals surface area contributed by atoms with Gasteiger partial charge in [0.05, 0.1) is 11.0 Å². The van der Waals surface area contributed by atoms with Crippen LogP contribution in [-0.4, -0.2) is 14.5 Å². The van der Waals surface area contributed by atoms with Crippen LogP contribution in [0.3, 0.4) is 0 Å². The third-order valence-electron chi connectivity index (χ3n) is 5.96. The van der Waals surface area contributed by atoms with E-state index in [2.05, 4.69) is 48.7 Å². The second-order valence-corrected chi connectivity index (χ2v) is 8.45. The number of hydrogen-bond donors (Lipinski definition) is 0. The van der Waals surface area contributed by atoms with Gasteiger partial charge in [0.15, 0.2) is 5.65 Å². The molecule has 0 fully saturated rings. The van der Waals surface area contributed by atoms with Crippen LogP contribution >= 0.6 is 0 Å². The first-order chi connectivity index (χ1) is 14.8. The summed E-state index contributed by atoms with van der Waals surface area (Å²) in [5.41, 5.74) is 7.64. The van der Waals surface area contributed by atoms with E-state index in [-0.39, 0.29) is 0 Å². The van der Waals surface area contributed by atoms with Crippen LogP contribution in [0.4, 0.5) is 0 Å². The molecular weight excluding hydrogens is 366 g/mol. The number of rotatable bonds is 10. The average Bonchev–Trinajstić information content (AvgIpc) is 3.11. The summed E-state index contributed by atoms with van der Waals surface area (Å²) in [6.45, 7) is 4.41. The first kappa shape index (κ1) is 20.6. The molecule has 3 nitrogen and oxygen atoms in total. The summed E-state index contributed by atoms with van der Waals surface area (Å²) in [7, 11) is 0. The first-order valence-corrected chi connectivity index (χ1v) is 11.6. The number of hydrogen-bond acceptors (Lipinski definition) is 2. The van der Waals surface area contributed by atoms with Gasteiger partial charge >= 0.3 is 0 Å². The Labute approximate surface area is 180 Å². The van der Waals surface area contributed by atoms with Gasteiger partial charge in [0.1, 0.15) is 5.52 Å². The van der Waals surface area contributed by atoms with Gasteiger partial charge in [0.2, 0.25) is 0 Å². The van der Waals surface area contributed by atoms with Gasteiger partial charge < -0.3 is 0 Å². The Kier molecular flexibility index (Phi) is 6.78. The molecule has 156 valence electrons. The molecule has 2 aromatic carbocycles. The molecule has 2 aromatic heterocycles. The van der Waals surface area contributed by atoms with Crippen LogP contribution in [0.25, 0.3) is 27.9 Å². The Morgan fingerprint density at radius 1 is 0.700 bits per heavy atom. The number of benzene rings is 2. The van der Waals surface area contributed by atoms with Crippen molar-refractivity contribution in [2.45, 2.75) is 71.6 Å². The van der Waals surface area contributed by atoms with E-state index in [4.69, 9.17) is 9.97 Å². The van der Waals surface area contributed by atoms with Crippen molar-refractivity contribution in [1.82, 2.24) is 14.5 Å². The Morgan fingerprint density at radius 3 is 2.03 bits per heavy atom. The lowest BCUT2D eigenvalue weighted by Gasteiger charge is -2.11. The quantitative estimate of drug-likeness (QED) is 0.257. The van der Waals surface area contributed by atoms with Gasteiger partial charge in [-0.2, -0.15) is 0 Å². The third-order valence-corrected chi connectivity index (χ3v) is 5.96. The van der Waals surface area contributed by atoms with Crippen LogP contribution in [0.15, 0.2) is 54.6 Å². The average molecular weight is 400 g/mol. The summed E-state index contributed by atoms with van der Waals surface area (Å²) in [5, 5.41) is 0. The monoisotopic (exact) mass is 399 g/mol. The van der Waals surface area contributed by atoms with Crippen molar-refractivity contribution in [2.24, 2.45) is 0 Å². The molecule has 0 radical (unpaired) electrons. The predicted molar refractivity (Wildman–Crippen MR) is 127 cm³/mol. The SMILES string of the molecule is CCCCCCCCCCc1cc2nc3ccccc3nc2n1-c1ccc(C)cc1. The number of aryl methyl sites for hydroxylation is 2. The number of unbranched alkanes of at least 4 members (excludes halogenated alkanes) is 7. The van der Waals surface area contributed by atoms with E-state index in [0.717, 1.165) is 28.6 Å². The summed E-state index contributed by atoms with van der Waals surface area (Å²) < 4.78 is 2.31. The highest BCUT2D eigenvalue weighted by Crippen LogP contribution is 2.26. The molecule has 2 heterocycles. The summed E-state index contributed by atoms with van der Waals surface area (Å²) in [5.74, 6) is 0. The fourth-order valence-electron chi connectivity index (χ4n) is 4.23. The molecule has 0 aliphatic heterocycles. The normalized spacial score (nSPS) is 11.5. The molecule has 0 N–H and O–H groups in total. The van der Waals surface area contributed by atoms with Gasteiger partial charge in [-0.3, -0.25) is 4.57 Å². The lowest BCUT2D eigenvalue weighted by atomic mass is 10.1. The highest BCUT2D eigenvalue weighted by Gasteiger charge is 2.14. The zero-order valence-electron chi connectivity index (χ0n) is 18.4. The van der Waals surface area contributed by atoms with Crippen LogP contribution in [0.5, 0.6) is 0 Å². The molecule has 0 aliphatic carbocycles. The van der Waals surface area contributed by atoms with Crippen molar-refractivity contribution in [3.63, 3.8) is 0 Å². The van der Waals surface area contributed by atoms with Gasteiger partial charge in [-0.25, -0.2) is 9.97 Å². The molecule has 0 atom stereocenters. The van der Waals surface area contributed by atoms with Crippen LogP contribution in [0, 0.1) is 6.92 Å². The molecule has 0 saturated carbocycles. The highest BCUT2D eigenvalue weighted by atomic mass is 15.1. The smallest absolute Gasteiger partial charge is 0.164 e. The lowest BCUT2D eigenvalue weighted by molar-refractivity contribution is 0.573. The first-order valence-electron chi connectivity index (χ1n) is 11.6. The molecule has 0 spiro atoms. The minimum absolute atomic E-state index is 0.954. The molecule has 30 heavy (non-hydrogen) atoms. The summed E-state index contributed by atoms with van der Waals surface area (Å²) in [6.07, 6.45) is 11.8. The molecule has 0 bridgehead atoms. The van der Waals surface area contributed by atoms with Crippen LogP contribution in [-0.2, 0) is 6.42 Å². The van der Waals surface area contributed by atoms with Crippen LogP contribution < -0.4 is 0 Å². The zero-order chi connectivity index (χ0) is 20.8. The molecule has 0 aliphatic rings. The Balaban J connectivity index is 1.57. The number of fused-ring (bicyclic) bond motifs is 2. The maximum atomic E-state index is 4.98. The highest BCUT2D eigenvalue weighted by molar-refractivity contribution is 5.86. The van der Waals surface area contributed by atoms with Gasteiger partial charge in [-0.1, -0.05) is 81.7 Å². The van der Waals surface area contributed by atoms with E-state index in [9.17, 15) is 0 Å². The van der Waals surface area contributed by atoms with Crippen LogP contribution in [0.1, 0.15) is 69.5 Å². The van der Waals surface area contributed by atoms with Crippen LogP contribution in [0.2, 0.25) is 0 Å². The third kappa shape index (κ3) is 4.72. The van der Waals surface area contributed by atoms with Gasteiger partial charge in [0.25, 0.3) is 0 Å². The van der Waals surface area contributed by atoms with Crippen molar-refractivity contribution < 1.29 is 0 Å². The fourth-order valence-corrected chi connectivity index (χ4v) is 4.23. The molecule has 0 unspecified atom stereocenters. The van der Waals surface area contributed by atoms with E-state index >= 15 is 0 Å². The Hall–Kier alpha value is -2.68. The van der Waals surface area contributed by atoms with Gasteiger partial charge in [-0.05, 0) is 50.1 Å². The largest absolute Gasteiger partial charge is 0.297 e. The summed E-state index contributed by atoms with van der Waals surface area (Å²) in [6, 6.07) is 19.1. The van der Waals surface area contributed by atoms with Gasteiger partial charge in [-0.15, -0.1) is 0 Å². The number of para-hydroxylation sites is 2. The van der Waals surface area contributed by atoms with Crippen molar-refractivity contribution in [3.8, 4) is 5.69 Å². The zero-order valence-corrected chi connectivity index (χ0v) is 18.4. The van der Waals surface area contributed by atoms with Crippen molar-refractivity contribution in [2.75, 3.05) is 0 Å². The maximum Gasteiger partial charge on any atom is 0.164 e. The topological polar surface area (TPSA) is 30.7 Å². The Morgan fingerprint density at radius 2 is 1.33 bits per heavy atom.